The zero-order chi connectivity index (χ0) is 10.6. The van der Waals surface area contributed by atoms with E-state index in [0.717, 1.165) is 0 Å². The minimum Gasteiger partial charge on any atom is -0.396 e. The number of hydrogen-bond donors (Lipinski definition) is 4. The largest absolute Gasteiger partial charge is 0.396 e. The third-order valence-corrected chi connectivity index (χ3v) is 1.66. The standard InChI is InChI=1S/C7H13N5O2/c1-4(2-3-13)9-6(14)5-10-7(8)12-11-5/h4,13H,2-3H2,1H3,(H,9,14)(H3,8,10,11,12). The number of anilines is 1. The number of aromatic amines is 1. The van der Waals surface area contributed by atoms with Crippen molar-refractivity contribution in [2.45, 2.75) is 19.4 Å². The Balaban J connectivity index is 2.50. The van der Waals surface area contributed by atoms with Gasteiger partial charge in [0, 0.05) is 12.6 Å². The van der Waals surface area contributed by atoms with E-state index in [2.05, 4.69) is 20.5 Å². The predicted octanol–water partition coefficient (Wildman–Crippen LogP) is -1.11. The Morgan fingerprint density at radius 3 is 3.00 bits per heavy atom. The fourth-order valence-corrected chi connectivity index (χ4v) is 0.934. The molecule has 0 spiro atoms. The second-order valence-electron chi connectivity index (χ2n) is 2.93. The van der Waals surface area contributed by atoms with Gasteiger partial charge in [-0.05, 0) is 13.3 Å². The summed E-state index contributed by atoms with van der Waals surface area (Å²) in [6.45, 7) is 1.81. The van der Waals surface area contributed by atoms with Crippen molar-refractivity contribution in [3.63, 3.8) is 0 Å². The molecule has 0 saturated carbocycles. The van der Waals surface area contributed by atoms with Gasteiger partial charge in [0.1, 0.15) is 0 Å². The smallest absolute Gasteiger partial charge is 0.288 e. The number of H-pyrrole nitrogens is 1. The second kappa shape index (κ2) is 4.56. The Hall–Kier alpha value is -1.63. The highest BCUT2D eigenvalue weighted by atomic mass is 16.3. The summed E-state index contributed by atoms with van der Waals surface area (Å²) in [5.41, 5.74) is 5.23. The zero-order valence-corrected chi connectivity index (χ0v) is 7.82. The Kier molecular flexibility index (Phi) is 3.41. The van der Waals surface area contributed by atoms with E-state index >= 15 is 0 Å². The summed E-state index contributed by atoms with van der Waals surface area (Å²) < 4.78 is 0. The fraction of sp³-hybridized carbons (Fsp3) is 0.571. The van der Waals surface area contributed by atoms with Crippen LogP contribution in [0.1, 0.15) is 24.0 Å². The van der Waals surface area contributed by atoms with Crippen molar-refractivity contribution < 1.29 is 9.90 Å². The van der Waals surface area contributed by atoms with Crippen LogP contribution in [0.4, 0.5) is 5.95 Å². The number of nitrogens with zero attached hydrogens (tertiary/aromatic N) is 2. The lowest BCUT2D eigenvalue weighted by molar-refractivity contribution is 0.0924. The van der Waals surface area contributed by atoms with Gasteiger partial charge in [-0.2, -0.15) is 4.98 Å². The molecule has 0 saturated heterocycles. The first kappa shape index (κ1) is 10.5. The Morgan fingerprint density at radius 1 is 1.79 bits per heavy atom. The highest BCUT2D eigenvalue weighted by Crippen LogP contribution is 1.95. The maximum Gasteiger partial charge on any atom is 0.288 e. The molecule has 0 radical (unpaired) electrons. The molecule has 0 aliphatic rings. The minimum atomic E-state index is -0.379. The highest BCUT2D eigenvalue weighted by molar-refractivity contribution is 5.90. The summed E-state index contributed by atoms with van der Waals surface area (Å²) in [5.74, 6) is -0.271. The van der Waals surface area contributed by atoms with Crippen LogP contribution in [0.25, 0.3) is 0 Å². The topological polar surface area (TPSA) is 117 Å². The van der Waals surface area contributed by atoms with E-state index in [-0.39, 0.29) is 30.3 Å². The number of aliphatic hydroxyl groups is 1. The van der Waals surface area contributed by atoms with Crippen LogP contribution < -0.4 is 11.1 Å². The monoisotopic (exact) mass is 199 g/mol. The van der Waals surface area contributed by atoms with Crippen LogP contribution in [0, 0.1) is 0 Å². The van der Waals surface area contributed by atoms with Crippen molar-refractivity contribution in [2.24, 2.45) is 0 Å². The lowest BCUT2D eigenvalue weighted by Gasteiger charge is -2.10. The van der Waals surface area contributed by atoms with E-state index in [1.54, 1.807) is 6.92 Å². The molecule has 14 heavy (non-hydrogen) atoms. The van der Waals surface area contributed by atoms with Gasteiger partial charge in [-0.15, -0.1) is 5.10 Å². The molecule has 1 aromatic rings. The van der Waals surface area contributed by atoms with E-state index in [0.29, 0.717) is 6.42 Å². The molecule has 1 heterocycles. The van der Waals surface area contributed by atoms with Crippen LogP contribution in [-0.2, 0) is 0 Å². The van der Waals surface area contributed by atoms with Crippen molar-refractivity contribution >= 4 is 11.9 Å². The summed E-state index contributed by atoms with van der Waals surface area (Å²) in [7, 11) is 0. The van der Waals surface area contributed by atoms with Crippen LogP contribution in [0.2, 0.25) is 0 Å². The van der Waals surface area contributed by atoms with Gasteiger partial charge < -0.3 is 16.2 Å². The van der Waals surface area contributed by atoms with Crippen LogP contribution in [0.15, 0.2) is 0 Å². The van der Waals surface area contributed by atoms with E-state index in [4.69, 9.17) is 10.8 Å². The van der Waals surface area contributed by atoms with Gasteiger partial charge in [0.05, 0.1) is 0 Å². The molecule has 1 atom stereocenters. The third kappa shape index (κ3) is 2.70. The van der Waals surface area contributed by atoms with Gasteiger partial charge in [0.15, 0.2) is 0 Å². The molecule has 7 heteroatoms. The summed E-state index contributed by atoms with van der Waals surface area (Å²) >= 11 is 0. The summed E-state index contributed by atoms with van der Waals surface area (Å²) in [4.78, 5) is 15.0. The third-order valence-electron chi connectivity index (χ3n) is 1.66. The van der Waals surface area contributed by atoms with E-state index in [1.165, 1.54) is 0 Å². The predicted molar refractivity (Wildman–Crippen MR) is 49.4 cm³/mol. The number of carbonyl (C=O) groups is 1. The van der Waals surface area contributed by atoms with Gasteiger partial charge in [-0.1, -0.05) is 0 Å². The number of nitrogen functional groups attached to an aromatic ring is 1. The van der Waals surface area contributed by atoms with Gasteiger partial charge in [-0.25, -0.2) is 0 Å². The number of rotatable bonds is 4. The molecule has 1 rings (SSSR count). The molecule has 0 aliphatic carbocycles. The molecular formula is C7H13N5O2. The normalized spacial score (nSPS) is 12.4. The van der Waals surface area contributed by atoms with Crippen LogP contribution in [-0.4, -0.2) is 38.8 Å². The molecule has 0 bridgehead atoms. The Morgan fingerprint density at radius 2 is 2.50 bits per heavy atom. The summed E-state index contributed by atoms with van der Waals surface area (Å²) in [6.07, 6.45) is 0.495. The molecule has 1 amide bonds. The average molecular weight is 199 g/mol. The first-order valence-electron chi connectivity index (χ1n) is 4.23. The number of nitrogens with one attached hydrogen (secondary N) is 2. The Bertz CT molecular complexity index is 311. The van der Waals surface area contributed by atoms with Crippen LogP contribution in [0.5, 0.6) is 0 Å². The van der Waals surface area contributed by atoms with Crippen molar-refractivity contribution in [3.8, 4) is 0 Å². The maximum absolute atomic E-state index is 11.4. The van der Waals surface area contributed by atoms with Gasteiger partial charge in [-0.3, -0.25) is 9.89 Å². The molecule has 7 nitrogen and oxygen atoms in total. The lowest BCUT2D eigenvalue weighted by atomic mass is 10.2. The van der Waals surface area contributed by atoms with Crippen LogP contribution in [0.3, 0.4) is 0 Å². The Labute approximate surface area is 80.7 Å². The molecule has 5 N–H and O–H groups in total. The van der Waals surface area contributed by atoms with E-state index in [1.807, 2.05) is 0 Å². The molecule has 0 aliphatic heterocycles. The average Bonchev–Trinajstić information content (AvgIpc) is 2.52. The number of hydrogen-bond acceptors (Lipinski definition) is 5. The minimum absolute atomic E-state index is 0.0278. The molecule has 1 unspecified atom stereocenters. The number of nitrogens with two attached hydrogens (primary N) is 1. The zero-order valence-electron chi connectivity index (χ0n) is 7.82. The number of carbonyl (C=O) groups excluding carboxylic acids is 1. The van der Waals surface area contributed by atoms with Gasteiger partial charge in [0.25, 0.3) is 5.91 Å². The molecule has 78 valence electrons. The number of aliphatic hydroxyl groups excluding tert-OH is 1. The molecule has 0 fully saturated rings. The number of aromatic nitrogens is 3. The summed E-state index contributed by atoms with van der Waals surface area (Å²) in [6, 6.07) is -0.112. The molecule has 0 aromatic carbocycles. The van der Waals surface area contributed by atoms with Crippen molar-refractivity contribution in [1.29, 1.82) is 0 Å². The maximum atomic E-state index is 11.4. The first-order valence-corrected chi connectivity index (χ1v) is 4.23. The SMILES string of the molecule is CC(CCO)NC(=O)c1nc(N)n[nH]1. The van der Waals surface area contributed by atoms with E-state index in [9.17, 15) is 4.79 Å². The molecule has 1 aromatic heterocycles. The van der Waals surface area contributed by atoms with Crippen molar-refractivity contribution in [1.82, 2.24) is 20.5 Å². The van der Waals surface area contributed by atoms with Crippen molar-refractivity contribution in [3.05, 3.63) is 5.82 Å². The van der Waals surface area contributed by atoms with Crippen LogP contribution >= 0.6 is 0 Å². The highest BCUT2D eigenvalue weighted by Gasteiger charge is 2.12. The lowest BCUT2D eigenvalue weighted by Crippen LogP contribution is -2.33. The van der Waals surface area contributed by atoms with Gasteiger partial charge >= 0.3 is 0 Å². The van der Waals surface area contributed by atoms with E-state index < -0.39 is 0 Å². The van der Waals surface area contributed by atoms with Gasteiger partial charge in [0.2, 0.25) is 11.8 Å². The second-order valence-corrected chi connectivity index (χ2v) is 2.93. The quantitative estimate of drug-likeness (QED) is 0.490. The van der Waals surface area contributed by atoms with Crippen molar-refractivity contribution in [2.75, 3.05) is 12.3 Å². The fourth-order valence-electron chi connectivity index (χ4n) is 0.934. The number of amides is 1. The molecular weight excluding hydrogens is 186 g/mol. The first-order chi connectivity index (χ1) is 6.63. The summed E-state index contributed by atoms with van der Waals surface area (Å²) in [5, 5.41) is 17.2.